The molecule has 2 atom stereocenters. The number of allylic oxidation sites excluding steroid dienone is 3. The highest BCUT2D eigenvalue weighted by molar-refractivity contribution is 5.48. The van der Waals surface area contributed by atoms with E-state index in [9.17, 15) is 0 Å². The molecule has 0 aromatic heterocycles. The predicted octanol–water partition coefficient (Wildman–Crippen LogP) is 4.09. The zero-order valence-corrected chi connectivity index (χ0v) is 8.68. The largest absolute Gasteiger partial charge is 0.0952 e. The number of hydrogen-bond donors (Lipinski definition) is 0. The summed E-state index contributed by atoms with van der Waals surface area (Å²) in [6.07, 6.45) is 10.9. The van der Waals surface area contributed by atoms with Gasteiger partial charge in [-0.25, -0.2) is 0 Å². The van der Waals surface area contributed by atoms with Crippen LogP contribution in [0.3, 0.4) is 0 Å². The molecule has 2 rings (SSSR count). The molecule has 0 radical (unpaired) electrons. The summed E-state index contributed by atoms with van der Waals surface area (Å²) in [6, 6.07) is 0. The fraction of sp³-hybridized carbons (Fsp3) is 0.692. The summed E-state index contributed by atoms with van der Waals surface area (Å²) in [5.41, 5.74) is 2.95. The van der Waals surface area contributed by atoms with Gasteiger partial charge in [0, 0.05) is 0 Å². The van der Waals surface area contributed by atoms with Crippen molar-refractivity contribution in [1.29, 1.82) is 0 Å². The van der Waals surface area contributed by atoms with E-state index in [0.717, 1.165) is 11.8 Å². The Kier molecular flexibility index (Phi) is 2.57. The van der Waals surface area contributed by atoms with Crippen LogP contribution < -0.4 is 0 Å². The second kappa shape index (κ2) is 3.69. The molecular formula is C13H20. The molecule has 0 nitrogen and oxygen atoms in total. The summed E-state index contributed by atoms with van der Waals surface area (Å²) >= 11 is 0. The highest BCUT2D eigenvalue weighted by Gasteiger charge is 2.25. The lowest BCUT2D eigenvalue weighted by Gasteiger charge is -2.06. The number of hydrogen-bond acceptors (Lipinski definition) is 0. The Balaban J connectivity index is 1.81. The molecule has 0 aromatic carbocycles. The molecular weight excluding hydrogens is 156 g/mol. The maximum absolute atomic E-state index is 3.98. The lowest BCUT2D eigenvalue weighted by Crippen LogP contribution is -1.93. The lowest BCUT2D eigenvalue weighted by molar-refractivity contribution is 0.484. The van der Waals surface area contributed by atoms with Gasteiger partial charge in [0.25, 0.3) is 0 Å². The molecule has 0 saturated heterocycles. The van der Waals surface area contributed by atoms with E-state index in [2.05, 4.69) is 19.6 Å². The highest BCUT2D eigenvalue weighted by Crippen LogP contribution is 2.41. The van der Waals surface area contributed by atoms with Crippen molar-refractivity contribution in [2.75, 3.05) is 0 Å². The molecule has 72 valence electrons. The third-order valence-corrected chi connectivity index (χ3v) is 3.45. The van der Waals surface area contributed by atoms with E-state index in [4.69, 9.17) is 0 Å². The second-order valence-electron chi connectivity index (χ2n) is 4.70. The fourth-order valence-corrected chi connectivity index (χ4v) is 2.58. The minimum Gasteiger partial charge on any atom is -0.0952 e. The van der Waals surface area contributed by atoms with Crippen LogP contribution in [-0.4, -0.2) is 0 Å². The monoisotopic (exact) mass is 176 g/mol. The second-order valence-corrected chi connectivity index (χ2v) is 4.70. The predicted molar refractivity (Wildman–Crippen MR) is 57.6 cm³/mol. The molecule has 0 bridgehead atoms. The van der Waals surface area contributed by atoms with E-state index in [1.165, 1.54) is 44.1 Å². The molecule has 0 heteroatoms. The molecule has 2 aliphatic carbocycles. The third-order valence-electron chi connectivity index (χ3n) is 3.45. The minimum absolute atomic E-state index is 0.894. The summed E-state index contributed by atoms with van der Waals surface area (Å²) in [4.78, 5) is 0. The van der Waals surface area contributed by atoms with Gasteiger partial charge in [-0.2, -0.15) is 0 Å². The first kappa shape index (κ1) is 9.05. The molecule has 2 fully saturated rings. The molecule has 2 aliphatic rings. The average Bonchev–Trinajstić information content (AvgIpc) is 2.63. The van der Waals surface area contributed by atoms with Crippen molar-refractivity contribution in [3.63, 3.8) is 0 Å². The van der Waals surface area contributed by atoms with E-state index < -0.39 is 0 Å². The molecule has 2 unspecified atom stereocenters. The van der Waals surface area contributed by atoms with Crippen molar-refractivity contribution in [2.24, 2.45) is 11.8 Å². The standard InChI is InChI=1S/C13H20/c1-3-4-11-5-6-12(8-11)9-13-7-10(13)2/h9,11-12H,2-8H2,1H3/b13-9-. The Morgan fingerprint density at radius 1 is 1.46 bits per heavy atom. The maximum Gasteiger partial charge on any atom is -0.00293 e. The van der Waals surface area contributed by atoms with Crippen LogP contribution in [-0.2, 0) is 0 Å². The smallest absolute Gasteiger partial charge is 0.00293 e. The van der Waals surface area contributed by atoms with Crippen molar-refractivity contribution in [1.82, 2.24) is 0 Å². The summed E-state index contributed by atoms with van der Waals surface area (Å²) in [6.45, 7) is 6.28. The van der Waals surface area contributed by atoms with Crippen LogP contribution in [0.25, 0.3) is 0 Å². The van der Waals surface area contributed by atoms with Crippen LogP contribution in [0.5, 0.6) is 0 Å². The molecule has 0 N–H and O–H groups in total. The van der Waals surface area contributed by atoms with Crippen LogP contribution >= 0.6 is 0 Å². The molecule has 2 saturated carbocycles. The van der Waals surface area contributed by atoms with Gasteiger partial charge < -0.3 is 0 Å². The highest BCUT2D eigenvalue weighted by atomic mass is 14.3. The molecule has 0 aliphatic heterocycles. The van der Waals surface area contributed by atoms with Gasteiger partial charge in [-0.3, -0.25) is 0 Å². The van der Waals surface area contributed by atoms with Gasteiger partial charge in [0.1, 0.15) is 0 Å². The first-order valence-electron chi connectivity index (χ1n) is 5.68. The van der Waals surface area contributed by atoms with Crippen LogP contribution in [0.15, 0.2) is 23.8 Å². The molecule has 0 aromatic rings. The van der Waals surface area contributed by atoms with Gasteiger partial charge in [0.2, 0.25) is 0 Å². The van der Waals surface area contributed by atoms with Crippen LogP contribution in [0.4, 0.5) is 0 Å². The third kappa shape index (κ3) is 2.24. The maximum atomic E-state index is 3.98. The summed E-state index contributed by atoms with van der Waals surface area (Å²) < 4.78 is 0. The van der Waals surface area contributed by atoms with Crippen LogP contribution in [0.2, 0.25) is 0 Å². The van der Waals surface area contributed by atoms with Gasteiger partial charge in [0.05, 0.1) is 0 Å². The van der Waals surface area contributed by atoms with Crippen molar-refractivity contribution in [3.05, 3.63) is 23.8 Å². The minimum atomic E-state index is 0.894. The lowest BCUT2D eigenvalue weighted by atomic mass is 10.00. The summed E-state index contributed by atoms with van der Waals surface area (Å²) in [5.74, 6) is 1.92. The summed E-state index contributed by atoms with van der Waals surface area (Å²) in [7, 11) is 0. The fourth-order valence-electron chi connectivity index (χ4n) is 2.58. The number of rotatable bonds is 3. The quantitative estimate of drug-likeness (QED) is 0.607. The Hall–Kier alpha value is -0.520. The van der Waals surface area contributed by atoms with Crippen LogP contribution in [0.1, 0.15) is 45.4 Å². The van der Waals surface area contributed by atoms with Gasteiger partial charge >= 0.3 is 0 Å². The normalized spacial score (nSPS) is 35.8. The van der Waals surface area contributed by atoms with E-state index in [-0.39, 0.29) is 0 Å². The SMILES string of the molecule is C=C1C/C1=C/C1CCC(CCC)C1. The zero-order valence-electron chi connectivity index (χ0n) is 8.68. The Labute approximate surface area is 81.7 Å². The van der Waals surface area contributed by atoms with Crippen LogP contribution in [0, 0.1) is 11.8 Å². The molecule has 0 amide bonds. The van der Waals surface area contributed by atoms with Gasteiger partial charge in [-0.1, -0.05) is 32.4 Å². The van der Waals surface area contributed by atoms with Crippen molar-refractivity contribution in [2.45, 2.75) is 45.4 Å². The van der Waals surface area contributed by atoms with Gasteiger partial charge in [-0.05, 0) is 48.7 Å². The van der Waals surface area contributed by atoms with Gasteiger partial charge in [0.15, 0.2) is 0 Å². The summed E-state index contributed by atoms with van der Waals surface area (Å²) in [5, 5.41) is 0. The van der Waals surface area contributed by atoms with E-state index in [1.54, 1.807) is 5.57 Å². The van der Waals surface area contributed by atoms with E-state index in [0.29, 0.717) is 0 Å². The van der Waals surface area contributed by atoms with Crippen molar-refractivity contribution < 1.29 is 0 Å². The first-order valence-corrected chi connectivity index (χ1v) is 5.68. The van der Waals surface area contributed by atoms with Gasteiger partial charge in [-0.15, -0.1) is 0 Å². The first-order chi connectivity index (χ1) is 6.29. The zero-order chi connectivity index (χ0) is 9.26. The Bertz CT molecular complexity index is 234. The molecule has 13 heavy (non-hydrogen) atoms. The average molecular weight is 176 g/mol. The molecule has 0 heterocycles. The topological polar surface area (TPSA) is 0 Å². The molecule has 0 spiro atoms. The Morgan fingerprint density at radius 2 is 2.23 bits per heavy atom. The van der Waals surface area contributed by atoms with Crippen molar-refractivity contribution >= 4 is 0 Å². The van der Waals surface area contributed by atoms with Crippen molar-refractivity contribution in [3.8, 4) is 0 Å². The van der Waals surface area contributed by atoms with E-state index >= 15 is 0 Å². The van der Waals surface area contributed by atoms with E-state index in [1.807, 2.05) is 0 Å². The Morgan fingerprint density at radius 3 is 2.85 bits per heavy atom.